The molecule has 2 rings (SSSR count). The number of sulfone groups is 1. The van der Waals surface area contributed by atoms with Crippen molar-refractivity contribution in [3.8, 4) is 0 Å². The van der Waals surface area contributed by atoms with E-state index in [1.165, 1.54) is 12.1 Å². The first-order valence-electron chi connectivity index (χ1n) is 8.79. The van der Waals surface area contributed by atoms with Crippen LogP contribution in [0.5, 0.6) is 0 Å². The molecule has 5 nitrogen and oxygen atoms in total. The number of nitrogens with zero attached hydrogens (tertiary/aromatic N) is 1. The van der Waals surface area contributed by atoms with Crippen LogP contribution in [0.4, 0.5) is 17.6 Å². The highest BCUT2D eigenvalue weighted by Crippen LogP contribution is 2.32. The Bertz CT molecular complexity index is 952. The molecule has 0 saturated heterocycles. The van der Waals surface area contributed by atoms with Crippen molar-refractivity contribution in [2.24, 2.45) is 4.99 Å². The summed E-state index contributed by atoms with van der Waals surface area (Å²) in [6.45, 7) is 1.85. The fourth-order valence-electron chi connectivity index (χ4n) is 2.51. The second kappa shape index (κ2) is 11.5. The van der Waals surface area contributed by atoms with Gasteiger partial charge in [0.1, 0.15) is 5.82 Å². The molecule has 0 atom stereocenters. The lowest BCUT2D eigenvalue weighted by Crippen LogP contribution is -2.39. The zero-order chi connectivity index (χ0) is 21.5. The van der Waals surface area contributed by atoms with Crippen molar-refractivity contribution in [1.82, 2.24) is 10.6 Å². The summed E-state index contributed by atoms with van der Waals surface area (Å²) in [7, 11) is -3.50. The number of benzene rings is 2. The van der Waals surface area contributed by atoms with Crippen LogP contribution in [0.25, 0.3) is 0 Å². The molecule has 0 aliphatic rings. The van der Waals surface area contributed by atoms with E-state index in [2.05, 4.69) is 15.6 Å². The second-order valence-corrected chi connectivity index (χ2v) is 8.16. The quantitative estimate of drug-likeness (QED) is 0.233. The molecule has 2 aromatic carbocycles. The van der Waals surface area contributed by atoms with Crippen molar-refractivity contribution in [3.05, 3.63) is 65.5 Å². The number of alkyl halides is 3. The summed E-state index contributed by atoms with van der Waals surface area (Å²) in [4.78, 5) is 4.24. The number of halogens is 5. The van der Waals surface area contributed by atoms with Crippen LogP contribution in [0.1, 0.15) is 18.1 Å². The number of aliphatic imine (C=N–C) groups is 1. The molecule has 11 heteroatoms. The first-order chi connectivity index (χ1) is 13.6. The van der Waals surface area contributed by atoms with Gasteiger partial charge >= 0.3 is 6.18 Å². The molecule has 2 aromatic rings. The van der Waals surface area contributed by atoms with E-state index >= 15 is 0 Å². The molecule has 0 aromatic heterocycles. The van der Waals surface area contributed by atoms with Gasteiger partial charge in [0, 0.05) is 13.1 Å². The largest absolute Gasteiger partial charge is 0.416 e. The normalized spacial score (nSPS) is 12.2. The van der Waals surface area contributed by atoms with Crippen LogP contribution in [0.15, 0.2) is 58.4 Å². The van der Waals surface area contributed by atoms with Gasteiger partial charge in [-0.05, 0) is 36.8 Å². The highest BCUT2D eigenvalue weighted by molar-refractivity contribution is 14.0. The molecule has 0 aliphatic carbocycles. The Morgan fingerprint density at radius 1 is 1.07 bits per heavy atom. The van der Waals surface area contributed by atoms with Crippen molar-refractivity contribution in [2.75, 3.05) is 18.8 Å². The number of hydrogen-bond acceptors (Lipinski definition) is 3. The molecule has 0 bridgehead atoms. The summed E-state index contributed by atoms with van der Waals surface area (Å²) < 4.78 is 77.0. The topological polar surface area (TPSA) is 70.6 Å². The van der Waals surface area contributed by atoms with Crippen molar-refractivity contribution in [1.29, 1.82) is 0 Å². The predicted molar refractivity (Wildman–Crippen MR) is 118 cm³/mol. The van der Waals surface area contributed by atoms with Crippen LogP contribution < -0.4 is 10.6 Å². The first-order valence-corrected chi connectivity index (χ1v) is 10.4. The third kappa shape index (κ3) is 7.74. The fourth-order valence-corrected chi connectivity index (χ4v) is 3.68. The third-order valence-electron chi connectivity index (χ3n) is 3.89. The average Bonchev–Trinajstić information content (AvgIpc) is 2.66. The standard InChI is InChI=1S/C19H21F4N3O2S.HI/c1-2-24-18(25-10-11-29(27,28)16-6-4-3-5-7-16)26-13-14-8-9-15(20)12-17(14)19(21,22)23;/h3-9,12H,2,10-11,13H2,1H3,(H2,24,25,26);1H. The van der Waals surface area contributed by atoms with Crippen molar-refractivity contribution < 1.29 is 26.0 Å². The number of guanidine groups is 1. The van der Waals surface area contributed by atoms with Crippen LogP contribution in [-0.2, 0) is 22.6 Å². The molecule has 0 spiro atoms. The van der Waals surface area contributed by atoms with Gasteiger partial charge in [-0.25, -0.2) is 17.8 Å². The van der Waals surface area contributed by atoms with Gasteiger partial charge in [0.15, 0.2) is 15.8 Å². The van der Waals surface area contributed by atoms with Crippen molar-refractivity contribution >= 4 is 39.8 Å². The third-order valence-corrected chi connectivity index (χ3v) is 5.63. The van der Waals surface area contributed by atoms with Gasteiger partial charge in [0.2, 0.25) is 0 Å². The van der Waals surface area contributed by atoms with E-state index in [9.17, 15) is 26.0 Å². The Morgan fingerprint density at radius 3 is 2.33 bits per heavy atom. The summed E-state index contributed by atoms with van der Waals surface area (Å²) in [5.41, 5.74) is -1.28. The van der Waals surface area contributed by atoms with Gasteiger partial charge in [0.25, 0.3) is 0 Å². The summed E-state index contributed by atoms with van der Waals surface area (Å²) >= 11 is 0. The van der Waals surface area contributed by atoms with Gasteiger partial charge in [-0.3, -0.25) is 0 Å². The molecule has 0 unspecified atom stereocenters. The minimum Gasteiger partial charge on any atom is -0.357 e. The van der Waals surface area contributed by atoms with Gasteiger partial charge < -0.3 is 10.6 Å². The molecule has 30 heavy (non-hydrogen) atoms. The fraction of sp³-hybridized carbons (Fsp3) is 0.316. The van der Waals surface area contributed by atoms with E-state index in [-0.39, 0.29) is 59.2 Å². The number of rotatable bonds is 7. The molecule has 2 N–H and O–H groups in total. The van der Waals surface area contributed by atoms with Crippen molar-refractivity contribution in [3.63, 3.8) is 0 Å². The highest BCUT2D eigenvalue weighted by atomic mass is 127. The van der Waals surface area contributed by atoms with E-state index < -0.39 is 27.4 Å². The van der Waals surface area contributed by atoms with Crippen molar-refractivity contribution in [2.45, 2.75) is 24.5 Å². The Balaban J connectivity index is 0.00000450. The SMILES string of the molecule is CCNC(=NCc1ccc(F)cc1C(F)(F)F)NCCS(=O)(=O)c1ccccc1.I. The van der Waals surface area contributed by atoms with Gasteiger partial charge in [0.05, 0.1) is 22.8 Å². The average molecular weight is 559 g/mol. The van der Waals surface area contributed by atoms with E-state index in [1.54, 1.807) is 25.1 Å². The zero-order valence-electron chi connectivity index (χ0n) is 16.0. The van der Waals surface area contributed by atoms with Crippen LogP contribution in [0, 0.1) is 5.82 Å². The predicted octanol–water partition coefficient (Wildman–Crippen LogP) is 3.99. The molecule has 0 amide bonds. The second-order valence-electron chi connectivity index (χ2n) is 6.05. The van der Waals surface area contributed by atoms with Crippen LogP contribution in [0.2, 0.25) is 0 Å². The molecular formula is C19H22F4IN3O2S. The maximum Gasteiger partial charge on any atom is 0.416 e. The van der Waals surface area contributed by atoms with Gasteiger partial charge in [-0.15, -0.1) is 24.0 Å². The van der Waals surface area contributed by atoms with Crippen LogP contribution in [0.3, 0.4) is 0 Å². The van der Waals surface area contributed by atoms with Gasteiger partial charge in [-0.1, -0.05) is 24.3 Å². The Kier molecular flexibility index (Phi) is 10.0. The van der Waals surface area contributed by atoms with E-state index in [0.29, 0.717) is 12.6 Å². The monoisotopic (exact) mass is 559 g/mol. The Labute approximate surface area is 189 Å². The highest BCUT2D eigenvalue weighted by Gasteiger charge is 2.33. The lowest BCUT2D eigenvalue weighted by molar-refractivity contribution is -0.138. The lowest BCUT2D eigenvalue weighted by atomic mass is 10.1. The van der Waals surface area contributed by atoms with E-state index in [4.69, 9.17) is 0 Å². The molecule has 166 valence electrons. The smallest absolute Gasteiger partial charge is 0.357 e. The van der Waals surface area contributed by atoms with Crippen LogP contribution >= 0.6 is 24.0 Å². The van der Waals surface area contributed by atoms with E-state index in [1.807, 2.05) is 0 Å². The molecule has 0 saturated carbocycles. The lowest BCUT2D eigenvalue weighted by Gasteiger charge is -2.14. The zero-order valence-corrected chi connectivity index (χ0v) is 19.2. The molecule has 0 fully saturated rings. The number of nitrogens with one attached hydrogen (secondary N) is 2. The van der Waals surface area contributed by atoms with Gasteiger partial charge in [-0.2, -0.15) is 13.2 Å². The molecule has 0 radical (unpaired) electrons. The summed E-state index contributed by atoms with van der Waals surface area (Å²) in [6, 6.07) is 10.3. The van der Waals surface area contributed by atoms with E-state index in [0.717, 1.165) is 12.1 Å². The first kappa shape index (κ1) is 26.1. The molecule has 0 aliphatic heterocycles. The summed E-state index contributed by atoms with van der Waals surface area (Å²) in [6.07, 6.45) is -4.71. The summed E-state index contributed by atoms with van der Waals surface area (Å²) in [5, 5.41) is 5.63. The molecule has 0 heterocycles. The maximum atomic E-state index is 13.2. The Morgan fingerprint density at radius 2 is 1.73 bits per heavy atom. The maximum absolute atomic E-state index is 13.2. The minimum absolute atomic E-state index is 0. The van der Waals surface area contributed by atoms with Crippen LogP contribution in [-0.4, -0.2) is 33.2 Å². The number of hydrogen-bond donors (Lipinski definition) is 2. The minimum atomic E-state index is -4.71. The molecular weight excluding hydrogens is 537 g/mol. The summed E-state index contributed by atoms with van der Waals surface area (Å²) in [5.74, 6) is -1.04. The Hall–Kier alpha value is -1.89.